The minimum Gasteiger partial charge on any atom is -0.287 e. The van der Waals surface area contributed by atoms with E-state index in [1.807, 2.05) is 25.1 Å². The molecule has 1 rings (SSSR count). The van der Waals surface area contributed by atoms with E-state index in [-0.39, 0.29) is 11.0 Å². The largest absolute Gasteiger partial charge is 0.287 e. The number of nitrogens with zero attached hydrogens (tertiary/aromatic N) is 1. The van der Waals surface area contributed by atoms with Gasteiger partial charge in [0.2, 0.25) is 0 Å². The highest BCUT2D eigenvalue weighted by Gasteiger charge is 2.15. The molecule has 1 aromatic rings. The molecule has 0 N–H and O–H groups in total. The van der Waals surface area contributed by atoms with Crippen LogP contribution >= 0.6 is 12.6 Å². The van der Waals surface area contributed by atoms with Crippen LogP contribution in [0.15, 0.2) is 24.4 Å². The molecule has 0 aliphatic rings. The van der Waals surface area contributed by atoms with Gasteiger partial charge >= 0.3 is 0 Å². The summed E-state index contributed by atoms with van der Waals surface area (Å²) in [5.74, 6) is -0.158. The fourth-order valence-corrected chi connectivity index (χ4v) is 1.41. The quantitative estimate of drug-likeness (QED) is 0.723. The molecule has 1 heterocycles. The first-order valence-electron chi connectivity index (χ1n) is 3.89. The second kappa shape index (κ2) is 4.26. The minimum absolute atomic E-state index is 0.115. The third-order valence-corrected chi connectivity index (χ3v) is 2.06. The van der Waals surface area contributed by atoms with Gasteiger partial charge in [0.05, 0.1) is 11.6 Å². The van der Waals surface area contributed by atoms with Crippen LogP contribution in [0.1, 0.15) is 25.0 Å². The molecule has 0 aliphatic heterocycles. The van der Waals surface area contributed by atoms with E-state index in [0.29, 0.717) is 0 Å². The summed E-state index contributed by atoms with van der Waals surface area (Å²) >= 11 is 3.81. The molecule has 0 unspecified atom stereocenters. The molecule has 0 saturated carbocycles. The summed E-state index contributed by atoms with van der Waals surface area (Å²) in [6.45, 7) is 1.95. The zero-order valence-electron chi connectivity index (χ0n) is 6.90. The summed E-state index contributed by atoms with van der Waals surface area (Å²) in [4.78, 5) is 15.1. The van der Waals surface area contributed by atoms with Crippen LogP contribution < -0.4 is 0 Å². The van der Waals surface area contributed by atoms with Gasteiger partial charge in [0.15, 0.2) is 5.12 Å². The Morgan fingerprint density at radius 2 is 2.42 bits per heavy atom. The summed E-state index contributed by atoms with van der Waals surface area (Å²) in [7, 11) is 0. The number of aromatic nitrogens is 1. The predicted molar refractivity (Wildman–Crippen MR) is 51.3 cm³/mol. The van der Waals surface area contributed by atoms with Gasteiger partial charge in [-0.3, -0.25) is 9.78 Å². The van der Waals surface area contributed by atoms with Gasteiger partial charge in [-0.05, 0) is 18.6 Å². The minimum atomic E-state index is -0.158. The van der Waals surface area contributed by atoms with Crippen LogP contribution in [0.5, 0.6) is 0 Å². The second-order valence-corrected chi connectivity index (χ2v) is 2.99. The Bertz CT molecular complexity index is 260. The molecule has 12 heavy (non-hydrogen) atoms. The van der Waals surface area contributed by atoms with Crippen molar-refractivity contribution in [3.05, 3.63) is 30.1 Å². The average molecular weight is 181 g/mol. The van der Waals surface area contributed by atoms with Gasteiger partial charge in [0, 0.05) is 6.20 Å². The second-order valence-electron chi connectivity index (χ2n) is 2.55. The highest BCUT2D eigenvalue weighted by atomic mass is 32.1. The van der Waals surface area contributed by atoms with Gasteiger partial charge in [0.1, 0.15) is 0 Å². The van der Waals surface area contributed by atoms with Gasteiger partial charge in [0.25, 0.3) is 0 Å². The molecule has 64 valence electrons. The van der Waals surface area contributed by atoms with Gasteiger partial charge in [-0.25, -0.2) is 0 Å². The van der Waals surface area contributed by atoms with Crippen LogP contribution in [0.4, 0.5) is 0 Å². The lowest BCUT2D eigenvalue weighted by Gasteiger charge is -2.08. The summed E-state index contributed by atoms with van der Waals surface area (Å²) in [5.41, 5.74) is 0.806. The van der Waals surface area contributed by atoms with E-state index < -0.39 is 0 Å². The van der Waals surface area contributed by atoms with E-state index in [0.717, 1.165) is 12.1 Å². The molecular weight excluding hydrogens is 170 g/mol. The predicted octanol–water partition coefficient (Wildman–Crippen LogP) is 2.03. The van der Waals surface area contributed by atoms with E-state index in [1.165, 1.54) is 0 Å². The van der Waals surface area contributed by atoms with E-state index in [1.54, 1.807) is 6.20 Å². The Morgan fingerprint density at radius 1 is 1.67 bits per heavy atom. The van der Waals surface area contributed by atoms with Crippen LogP contribution in [-0.2, 0) is 4.79 Å². The fraction of sp³-hybridized carbons (Fsp3) is 0.333. The Morgan fingerprint density at radius 3 is 2.83 bits per heavy atom. The normalized spacial score (nSPS) is 12.5. The molecule has 0 aromatic carbocycles. The Balaban J connectivity index is 2.88. The van der Waals surface area contributed by atoms with Crippen LogP contribution in [0.3, 0.4) is 0 Å². The summed E-state index contributed by atoms with van der Waals surface area (Å²) in [6.07, 6.45) is 2.44. The van der Waals surface area contributed by atoms with Crippen molar-refractivity contribution >= 4 is 17.7 Å². The molecule has 2 nitrogen and oxygen atoms in total. The van der Waals surface area contributed by atoms with E-state index >= 15 is 0 Å². The number of carbonyl (C=O) groups excluding carboxylic acids is 1. The lowest BCUT2D eigenvalue weighted by Crippen LogP contribution is -2.06. The van der Waals surface area contributed by atoms with E-state index in [9.17, 15) is 4.79 Å². The maximum atomic E-state index is 11.0. The van der Waals surface area contributed by atoms with Gasteiger partial charge in [-0.2, -0.15) is 0 Å². The summed E-state index contributed by atoms with van der Waals surface area (Å²) < 4.78 is 0. The van der Waals surface area contributed by atoms with Crippen molar-refractivity contribution in [1.29, 1.82) is 0 Å². The number of carbonyl (C=O) groups is 1. The van der Waals surface area contributed by atoms with E-state index in [4.69, 9.17) is 0 Å². The fourth-order valence-electron chi connectivity index (χ4n) is 1.09. The third-order valence-electron chi connectivity index (χ3n) is 1.75. The molecule has 0 aliphatic carbocycles. The first-order chi connectivity index (χ1) is 5.75. The Hall–Kier alpha value is -0.830. The molecule has 0 fully saturated rings. The number of thiol groups is 1. The Kier molecular flexibility index (Phi) is 3.29. The lowest BCUT2D eigenvalue weighted by atomic mass is 10.0. The van der Waals surface area contributed by atoms with Gasteiger partial charge in [-0.1, -0.05) is 13.0 Å². The topological polar surface area (TPSA) is 30.0 Å². The van der Waals surface area contributed by atoms with Crippen molar-refractivity contribution in [2.24, 2.45) is 0 Å². The van der Waals surface area contributed by atoms with Crippen LogP contribution in [0, 0.1) is 0 Å². The Labute approximate surface area is 77.4 Å². The van der Waals surface area contributed by atoms with Crippen molar-refractivity contribution < 1.29 is 4.79 Å². The van der Waals surface area contributed by atoms with Crippen molar-refractivity contribution in [3.63, 3.8) is 0 Å². The standard InChI is InChI=1S/C9H11NOS/c1-2-7(9(11)12)8-5-3-4-6-10-8/h3-7H,2H2,1H3,(H,11,12)/t7-/m0/s1. The van der Waals surface area contributed by atoms with E-state index in [2.05, 4.69) is 17.6 Å². The third kappa shape index (κ3) is 2.08. The van der Waals surface area contributed by atoms with Crippen molar-refractivity contribution in [1.82, 2.24) is 4.98 Å². The first-order valence-corrected chi connectivity index (χ1v) is 4.34. The van der Waals surface area contributed by atoms with Crippen LogP contribution in [0.2, 0.25) is 0 Å². The summed E-state index contributed by atoms with van der Waals surface area (Å²) in [6, 6.07) is 5.56. The van der Waals surface area contributed by atoms with Crippen LogP contribution in [-0.4, -0.2) is 10.1 Å². The first kappa shape index (κ1) is 9.26. The van der Waals surface area contributed by atoms with Crippen molar-refractivity contribution in [2.45, 2.75) is 19.3 Å². The van der Waals surface area contributed by atoms with Gasteiger partial charge in [-0.15, -0.1) is 12.6 Å². The molecule has 1 aromatic heterocycles. The molecular formula is C9H11NOS. The monoisotopic (exact) mass is 181 g/mol. The van der Waals surface area contributed by atoms with Crippen LogP contribution in [0.25, 0.3) is 0 Å². The zero-order chi connectivity index (χ0) is 8.97. The number of hydrogen-bond acceptors (Lipinski definition) is 2. The maximum absolute atomic E-state index is 11.0. The summed E-state index contributed by atoms with van der Waals surface area (Å²) in [5, 5.41) is -0.115. The lowest BCUT2D eigenvalue weighted by molar-refractivity contribution is -0.112. The number of hydrogen-bond donors (Lipinski definition) is 1. The highest BCUT2D eigenvalue weighted by molar-refractivity contribution is 7.96. The van der Waals surface area contributed by atoms with Crippen molar-refractivity contribution in [2.75, 3.05) is 0 Å². The molecule has 0 radical (unpaired) electrons. The molecule has 0 bridgehead atoms. The molecule has 0 amide bonds. The molecule has 0 spiro atoms. The van der Waals surface area contributed by atoms with Crippen molar-refractivity contribution in [3.8, 4) is 0 Å². The maximum Gasteiger partial charge on any atom is 0.194 e. The zero-order valence-corrected chi connectivity index (χ0v) is 7.79. The number of rotatable bonds is 3. The molecule has 0 saturated heterocycles. The SMILES string of the molecule is CC[C@H](C(=O)S)c1ccccn1. The smallest absolute Gasteiger partial charge is 0.194 e. The average Bonchev–Trinajstić information content (AvgIpc) is 2.07. The molecule has 3 heteroatoms. The highest BCUT2D eigenvalue weighted by Crippen LogP contribution is 2.18. The molecule has 1 atom stereocenters. The number of pyridine rings is 1. The van der Waals surface area contributed by atoms with Gasteiger partial charge < -0.3 is 0 Å².